The molecular weight excluding hydrogens is 416 g/mol. The maximum atomic E-state index is 14.0. The zero-order chi connectivity index (χ0) is 22.9. The van der Waals surface area contributed by atoms with Crippen molar-refractivity contribution < 1.29 is 13.5 Å². The van der Waals surface area contributed by atoms with Crippen LogP contribution in [0.1, 0.15) is 37.3 Å². The van der Waals surface area contributed by atoms with E-state index < -0.39 is 17.2 Å². The molecule has 0 spiro atoms. The summed E-state index contributed by atoms with van der Waals surface area (Å²) in [7, 11) is 0. The second kappa shape index (κ2) is 10.8. The van der Waals surface area contributed by atoms with E-state index >= 15 is 0 Å². The van der Waals surface area contributed by atoms with Crippen LogP contribution in [0.5, 0.6) is 5.75 Å². The van der Waals surface area contributed by atoms with Crippen LogP contribution in [0.25, 0.3) is 11.3 Å². The van der Waals surface area contributed by atoms with Crippen LogP contribution in [0, 0.1) is 23.0 Å². The molecule has 2 N–H and O–H groups in total. The molecule has 0 aliphatic heterocycles. The molecular formula is C23H21F2N5O2. The van der Waals surface area contributed by atoms with Crippen LogP contribution < -0.4 is 15.7 Å². The van der Waals surface area contributed by atoms with Gasteiger partial charge in [0.25, 0.3) is 5.56 Å². The number of hydrogen-bond acceptors (Lipinski definition) is 6. The van der Waals surface area contributed by atoms with E-state index in [1.54, 1.807) is 30.3 Å². The molecule has 0 aliphatic rings. The van der Waals surface area contributed by atoms with Crippen LogP contribution in [0.4, 0.5) is 14.7 Å². The van der Waals surface area contributed by atoms with Gasteiger partial charge < -0.3 is 4.74 Å². The van der Waals surface area contributed by atoms with Gasteiger partial charge in [-0.05, 0) is 18.6 Å². The fourth-order valence-electron chi connectivity index (χ4n) is 2.90. The van der Waals surface area contributed by atoms with E-state index in [1.165, 1.54) is 12.3 Å². The van der Waals surface area contributed by atoms with Gasteiger partial charge in [0.2, 0.25) is 11.8 Å². The lowest BCUT2D eigenvalue weighted by Gasteiger charge is -2.08. The minimum Gasteiger partial charge on any atom is -0.490 e. The molecule has 0 atom stereocenters. The zero-order valence-electron chi connectivity index (χ0n) is 17.4. The molecule has 0 fully saturated rings. The molecule has 0 aliphatic carbocycles. The molecule has 3 aromatic rings. The number of aromatic amines is 1. The Kier molecular flexibility index (Phi) is 7.65. The van der Waals surface area contributed by atoms with Crippen molar-refractivity contribution in [2.75, 3.05) is 12.0 Å². The molecule has 0 saturated carbocycles. The lowest BCUT2D eigenvalue weighted by atomic mass is 10.1. The van der Waals surface area contributed by atoms with Crippen LogP contribution >= 0.6 is 0 Å². The summed E-state index contributed by atoms with van der Waals surface area (Å²) in [5.74, 6) is -2.32. The van der Waals surface area contributed by atoms with Crippen LogP contribution in [0.2, 0.25) is 0 Å². The highest BCUT2D eigenvalue weighted by molar-refractivity contribution is 5.81. The Morgan fingerprint density at radius 2 is 2.03 bits per heavy atom. The van der Waals surface area contributed by atoms with Gasteiger partial charge in [0.15, 0.2) is 11.6 Å². The van der Waals surface area contributed by atoms with Crippen molar-refractivity contribution in [2.24, 2.45) is 5.10 Å². The number of benzene rings is 2. The molecule has 2 aromatic carbocycles. The molecule has 32 heavy (non-hydrogen) atoms. The molecule has 0 radical (unpaired) electrons. The Morgan fingerprint density at radius 1 is 1.25 bits per heavy atom. The number of nitriles is 1. The van der Waals surface area contributed by atoms with Gasteiger partial charge in [-0.1, -0.05) is 50.1 Å². The highest BCUT2D eigenvalue weighted by atomic mass is 19.2. The van der Waals surface area contributed by atoms with Gasteiger partial charge in [0.05, 0.1) is 18.5 Å². The Bertz CT molecular complexity index is 1200. The predicted octanol–water partition coefficient (Wildman–Crippen LogP) is 4.60. The Balaban J connectivity index is 1.80. The molecule has 7 nitrogen and oxygen atoms in total. The van der Waals surface area contributed by atoms with Crippen LogP contribution in [-0.4, -0.2) is 22.8 Å². The third-order valence-electron chi connectivity index (χ3n) is 4.49. The normalized spacial score (nSPS) is 10.8. The van der Waals surface area contributed by atoms with Gasteiger partial charge in [-0.15, -0.1) is 0 Å². The quantitative estimate of drug-likeness (QED) is 0.289. The summed E-state index contributed by atoms with van der Waals surface area (Å²) in [5, 5.41) is 13.2. The third-order valence-corrected chi connectivity index (χ3v) is 4.49. The average molecular weight is 437 g/mol. The maximum Gasteiger partial charge on any atom is 0.270 e. The molecule has 1 heterocycles. The summed E-state index contributed by atoms with van der Waals surface area (Å²) >= 11 is 0. The Labute approximate surface area is 183 Å². The standard InChI is InChI=1S/C23H21F2N5O2/c1-2-3-7-10-32-19-12-15(11-18(24)20(19)25)14-27-30-23-28-21(16-8-5-4-6-9-16)17(13-26)22(31)29-23/h4-6,8-9,11-12,14H,2-3,7,10H2,1H3,(H2,28,29,30,31). The number of nitrogens with one attached hydrogen (secondary N) is 2. The van der Waals surface area contributed by atoms with Crippen LogP contribution in [-0.2, 0) is 0 Å². The first-order chi connectivity index (χ1) is 15.5. The Morgan fingerprint density at radius 3 is 2.75 bits per heavy atom. The highest BCUT2D eigenvalue weighted by Crippen LogP contribution is 2.22. The smallest absolute Gasteiger partial charge is 0.270 e. The molecule has 0 unspecified atom stereocenters. The van der Waals surface area contributed by atoms with Crippen molar-refractivity contribution in [1.82, 2.24) is 9.97 Å². The minimum absolute atomic E-state index is 0.0114. The molecule has 3 rings (SSSR count). The molecule has 1 aromatic heterocycles. The number of unbranched alkanes of at least 4 members (excludes halogenated alkanes) is 2. The zero-order valence-corrected chi connectivity index (χ0v) is 17.4. The highest BCUT2D eigenvalue weighted by Gasteiger charge is 2.13. The van der Waals surface area contributed by atoms with Gasteiger partial charge in [0, 0.05) is 11.1 Å². The van der Waals surface area contributed by atoms with Crippen molar-refractivity contribution in [3.05, 3.63) is 75.6 Å². The van der Waals surface area contributed by atoms with E-state index in [-0.39, 0.29) is 35.1 Å². The summed E-state index contributed by atoms with van der Waals surface area (Å²) in [6, 6.07) is 12.9. The van der Waals surface area contributed by atoms with Crippen molar-refractivity contribution >= 4 is 12.2 Å². The fourth-order valence-corrected chi connectivity index (χ4v) is 2.90. The first-order valence-electron chi connectivity index (χ1n) is 10.0. The second-order valence-corrected chi connectivity index (χ2v) is 6.86. The van der Waals surface area contributed by atoms with E-state index in [4.69, 9.17) is 4.74 Å². The summed E-state index contributed by atoms with van der Waals surface area (Å²) < 4.78 is 33.2. The Hall–Kier alpha value is -4.06. The minimum atomic E-state index is -1.06. The topological polar surface area (TPSA) is 103 Å². The first kappa shape index (κ1) is 22.6. The summed E-state index contributed by atoms with van der Waals surface area (Å²) in [6.45, 7) is 2.31. The SMILES string of the molecule is CCCCCOc1cc(C=NNc2nc(-c3ccccc3)c(C#N)c(=O)[nH]2)cc(F)c1F. The number of ether oxygens (including phenoxy) is 1. The fraction of sp³-hybridized carbons (Fsp3) is 0.217. The molecule has 0 amide bonds. The van der Waals surface area contributed by atoms with Crippen molar-refractivity contribution in [2.45, 2.75) is 26.2 Å². The maximum absolute atomic E-state index is 14.0. The van der Waals surface area contributed by atoms with Crippen LogP contribution in [0.15, 0.2) is 52.4 Å². The van der Waals surface area contributed by atoms with E-state index in [9.17, 15) is 18.8 Å². The number of rotatable bonds is 9. The van der Waals surface area contributed by atoms with Gasteiger partial charge in [-0.25, -0.2) is 14.8 Å². The number of aromatic nitrogens is 2. The van der Waals surface area contributed by atoms with Crippen molar-refractivity contribution in [3.63, 3.8) is 0 Å². The number of H-pyrrole nitrogens is 1. The number of hydrogen-bond donors (Lipinski definition) is 2. The van der Waals surface area contributed by atoms with Gasteiger partial charge in [-0.2, -0.15) is 14.8 Å². The van der Waals surface area contributed by atoms with Crippen molar-refractivity contribution in [3.8, 4) is 23.1 Å². The van der Waals surface area contributed by atoms with E-state index in [0.717, 1.165) is 25.3 Å². The number of anilines is 1. The third kappa shape index (κ3) is 5.55. The number of halogens is 2. The number of hydrazone groups is 1. The molecule has 9 heteroatoms. The lowest BCUT2D eigenvalue weighted by molar-refractivity contribution is 0.286. The van der Waals surface area contributed by atoms with Gasteiger partial charge in [-0.3, -0.25) is 9.78 Å². The monoisotopic (exact) mass is 437 g/mol. The number of nitrogens with zero attached hydrogens (tertiary/aromatic N) is 3. The van der Waals surface area contributed by atoms with E-state index in [1.807, 2.05) is 13.0 Å². The van der Waals surface area contributed by atoms with Crippen molar-refractivity contribution in [1.29, 1.82) is 5.26 Å². The van der Waals surface area contributed by atoms with Gasteiger partial charge in [0.1, 0.15) is 11.6 Å². The molecule has 164 valence electrons. The molecule has 0 saturated heterocycles. The van der Waals surface area contributed by atoms with E-state index in [2.05, 4.69) is 20.5 Å². The second-order valence-electron chi connectivity index (χ2n) is 6.86. The lowest BCUT2D eigenvalue weighted by Crippen LogP contribution is -2.16. The van der Waals surface area contributed by atoms with Gasteiger partial charge >= 0.3 is 0 Å². The molecule has 0 bridgehead atoms. The van der Waals surface area contributed by atoms with E-state index in [0.29, 0.717) is 5.56 Å². The summed E-state index contributed by atoms with van der Waals surface area (Å²) in [6.07, 6.45) is 3.88. The average Bonchev–Trinajstić information content (AvgIpc) is 2.80. The van der Waals surface area contributed by atoms with Crippen LogP contribution in [0.3, 0.4) is 0 Å². The summed E-state index contributed by atoms with van der Waals surface area (Å²) in [4.78, 5) is 18.9. The first-order valence-corrected chi connectivity index (χ1v) is 10.0. The largest absolute Gasteiger partial charge is 0.490 e. The predicted molar refractivity (Wildman–Crippen MR) is 118 cm³/mol. The summed E-state index contributed by atoms with van der Waals surface area (Å²) in [5.41, 5.74) is 2.83.